The highest BCUT2D eigenvalue weighted by atomic mass is 32.2. The number of hydrogen-bond donors (Lipinski definition) is 5. The van der Waals surface area contributed by atoms with Gasteiger partial charge in [-0.25, -0.2) is 0 Å². The number of carboxylic acids is 2. The van der Waals surface area contributed by atoms with Crippen molar-refractivity contribution in [3.05, 3.63) is 0 Å². The van der Waals surface area contributed by atoms with Gasteiger partial charge in [-0.05, 0) is 85.1 Å². The zero-order valence-corrected chi connectivity index (χ0v) is 37.0. The van der Waals surface area contributed by atoms with Crippen molar-refractivity contribution >= 4 is 93.8 Å². The maximum absolute atomic E-state index is 12.1. The molecule has 2 aliphatic rings. The van der Waals surface area contributed by atoms with Crippen LogP contribution in [0.25, 0.3) is 0 Å². The summed E-state index contributed by atoms with van der Waals surface area (Å²) in [6.45, 7) is 7.30. The molecule has 0 aliphatic heterocycles. The number of amides is 1. The van der Waals surface area contributed by atoms with Gasteiger partial charge in [0.2, 0.25) is 5.91 Å². The molecule has 322 valence electrons. The van der Waals surface area contributed by atoms with Crippen molar-refractivity contribution in [3.63, 3.8) is 0 Å². The molecule has 5 unspecified atom stereocenters. The van der Waals surface area contributed by atoms with Gasteiger partial charge in [0.05, 0.1) is 35.6 Å². The largest absolute Gasteiger partial charge is 0.481 e. The Morgan fingerprint density at radius 3 is 1.55 bits per heavy atom. The minimum absolute atomic E-state index is 0.0165. The quantitative estimate of drug-likeness (QED) is 0.0571. The average molecular weight is 866 g/mol. The normalized spacial score (nSPS) is 19.2. The van der Waals surface area contributed by atoms with Gasteiger partial charge in [0.25, 0.3) is 0 Å². The first-order chi connectivity index (χ1) is 26.5. The van der Waals surface area contributed by atoms with E-state index in [0.717, 1.165) is 70.6 Å². The molecule has 0 saturated heterocycles. The Kier molecular flexibility index (Phi) is 31.8. The van der Waals surface area contributed by atoms with Crippen molar-refractivity contribution in [2.75, 3.05) is 36.1 Å². The fourth-order valence-electron chi connectivity index (χ4n) is 5.41. The number of aliphatic carboxylic acids is 2. The molecule has 2 saturated carbocycles. The van der Waals surface area contributed by atoms with E-state index < -0.39 is 18.0 Å². The molecule has 0 aromatic heterocycles. The molecule has 0 heterocycles. The summed E-state index contributed by atoms with van der Waals surface area (Å²) in [7, 11) is 0. The van der Waals surface area contributed by atoms with E-state index >= 15 is 0 Å². The Bertz CT molecular complexity index is 1220. The fourth-order valence-corrected chi connectivity index (χ4v) is 10.7. The van der Waals surface area contributed by atoms with Crippen LogP contribution in [0.4, 0.5) is 0 Å². The van der Waals surface area contributed by atoms with Gasteiger partial charge in [0.15, 0.2) is 0 Å². The summed E-state index contributed by atoms with van der Waals surface area (Å²) in [5.41, 5.74) is 11.0. The maximum atomic E-state index is 12.1. The second-order valence-corrected chi connectivity index (χ2v) is 19.2. The summed E-state index contributed by atoms with van der Waals surface area (Å²) in [4.78, 5) is 88.7. The molecular formula is C39H67N3O10S4. The molecule has 17 heteroatoms. The predicted molar refractivity (Wildman–Crippen MR) is 231 cm³/mol. The molecule has 0 bridgehead atoms. The van der Waals surface area contributed by atoms with E-state index in [0.29, 0.717) is 64.1 Å². The number of carbonyl (C=O) groups is 8. The van der Waals surface area contributed by atoms with Crippen molar-refractivity contribution in [1.29, 1.82) is 0 Å². The van der Waals surface area contributed by atoms with Crippen LogP contribution in [-0.4, -0.2) is 120 Å². The molecule has 6 atom stereocenters. The molecule has 7 N–H and O–H groups in total. The topological polar surface area (TPSA) is 241 Å². The smallest absolute Gasteiger partial charge is 0.313 e. The van der Waals surface area contributed by atoms with Crippen LogP contribution in [-0.2, 0) is 38.4 Å². The Morgan fingerprint density at radius 1 is 0.625 bits per heavy atom. The summed E-state index contributed by atoms with van der Waals surface area (Å²) in [5.74, 6) is 0.216. The van der Waals surface area contributed by atoms with E-state index in [4.69, 9.17) is 21.7 Å². The lowest BCUT2D eigenvalue weighted by molar-refractivity contribution is -0.135. The second kappa shape index (κ2) is 33.0. The van der Waals surface area contributed by atoms with Gasteiger partial charge in [0, 0.05) is 46.2 Å². The summed E-state index contributed by atoms with van der Waals surface area (Å²) in [6, 6.07) is -0.416. The Balaban J connectivity index is 0.000000904. The van der Waals surface area contributed by atoms with E-state index in [2.05, 4.69) is 5.32 Å². The molecule has 2 aliphatic carbocycles. The third kappa shape index (κ3) is 28.5. The number of thioether (sulfide) groups is 4. The second-order valence-electron chi connectivity index (χ2n) is 14.3. The molecule has 0 spiro atoms. The number of nitrogens with one attached hydrogen (secondary N) is 1. The number of nitrogens with two attached hydrogens (primary N) is 2. The molecule has 0 aromatic rings. The molecule has 0 radical (unpaired) electrons. The molecule has 2 rings (SSSR count). The number of Topliss-reactive ketones (excluding diaryl/α,β-unsaturated/α-hetero) is 5. The summed E-state index contributed by atoms with van der Waals surface area (Å²) in [6.07, 6.45) is 12.3. The Hall–Kier alpha value is -1.92. The van der Waals surface area contributed by atoms with Crippen LogP contribution < -0.4 is 16.8 Å². The molecule has 2 fully saturated rings. The van der Waals surface area contributed by atoms with Crippen molar-refractivity contribution < 1.29 is 48.6 Å². The van der Waals surface area contributed by atoms with Gasteiger partial charge in [-0.2, -0.15) is 0 Å². The first kappa shape index (κ1) is 54.1. The summed E-state index contributed by atoms with van der Waals surface area (Å²) >= 11 is 6.32. The average Bonchev–Trinajstić information content (AvgIpc) is 3.10. The molecular weight excluding hydrogens is 799 g/mol. The number of carboxylic acid groups (broad SMARTS) is 2. The zero-order chi connectivity index (χ0) is 42.5. The third-order valence-corrected chi connectivity index (χ3v) is 15.3. The first-order valence-electron chi connectivity index (χ1n) is 19.7. The van der Waals surface area contributed by atoms with E-state index in [9.17, 15) is 38.4 Å². The van der Waals surface area contributed by atoms with Gasteiger partial charge in [-0.3, -0.25) is 33.6 Å². The third-order valence-electron chi connectivity index (χ3n) is 9.09. The first-order valence-corrected chi connectivity index (χ1v) is 23.9. The van der Waals surface area contributed by atoms with Gasteiger partial charge in [0.1, 0.15) is 28.9 Å². The van der Waals surface area contributed by atoms with Gasteiger partial charge in [-0.15, -0.1) is 47.0 Å². The van der Waals surface area contributed by atoms with Gasteiger partial charge >= 0.3 is 11.9 Å². The minimum atomic E-state index is -0.802. The highest BCUT2D eigenvalue weighted by Crippen LogP contribution is 2.41. The van der Waals surface area contributed by atoms with E-state index in [1.807, 2.05) is 6.92 Å². The standard InChI is InChI=1S/C21H35NO4S2.C10H20N2O2.C8H12O4S2/c1-4-17(21(26)22-12-15(2)23)8-6-5-7-9-18(25)14-28-20-11-10-19(20)27-13-16(3)24;1-8(13)5-6-10(14)9(12)4-2-3-7-11;9-7(10)3-13-5-1-2-6(5)14-4-8(11)12/h17,19-20H,4-14H2,1-3H3,(H,22,26);9H,2-7,11-12H2,1H3;5-6H,1-4H2,(H,9,10)(H,11,12)/t;9-;/m.0./s1. The highest BCUT2D eigenvalue weighted by molar-refractivity contribution is 8.05. The molecule has 56 heavy (non-hydrogen) atoms. The lowest BCUT2D eigenvalue weighted by atomic mass is 9.97. The van der Waals surface area contributed by atoms with E-state index in [-0.39, 0.29) is 59.4 Å². The molecule has 13 nitrogen and oxygen atoms in total. The van der Waals surface area contributed by atoms with E-state index in [1.54, 1.807) is 30.4 Å². The van der Waals surface area contributed by atoms with Crippen LogP contribution in [0.5, 0.6) is 0 Å². The monoisotopic (exact) mass is 865 g/mol. The number of rotatable bonds is 30. The number of carbonyl (C=O) groups excluding carboxylic acids is 6. The highest BCUT2D eigenvalue weighted by Gasteiger charge is 2.33. The maximum Gasteiger partial charge on any atom is 0.313 e. The van der Waals surface area contributed by atoms with Crippen molar-refractivity contribution in [3.8, 4) is 0 Å². The van der Waals surface area contributed by atoms with Crippen molar-refractivity contribution in [1.82, 2.24) is 5.32 Å². The number of ketones is 5. The lowest BCUT2D eigenvalue weighted by Gasteiger charge is -2.35. The van der Waals surface area contributed by atoms with Crippen LogP contribution in [0.15, 0.2) is 0 Å². The van der Waals surface area contributed by atoms with Crippen LogP contribution in [0.1, 0.15) is 124 Å². The summed E-state index contributed by atoms with van der Waals surface area (Å²) in [5, 5.41) is 21.3. The minimum Gasteiger partial charge on any atom is -0.481 e. The Morgan fingerprint density at radius 2 is 1.12 bits per heavy atom. The van der Waals surface area contributed by atoms with Crippen LogP contribution in [0.3, 0.4) is 0 Å². The fraction of sp³-hybridized carbons (Fsp3) is 0.795. The zero-order valence-electron chi connectivity index (χ0n) is 33.8. The molecule has 1 amide bonds. The Labute approximate surface area is 350 Å². The predicted octanol–water partition coefficient (Wildman–Crippen LogP) is 5.36. The van der Waals surface area contributed by atoms with Gasteiger partial charge in [-0.1, -0.05) is 26.2 Å². The summed E-state index contributed by atoms with van der Waals surface area (Å²) < 4.78 is 0. The molecule has 0 aromatic carbocycles. The van der Waals surface area contributed by atoms with E-state index in [1.165, 1.54) is 37.4 Å². The van der Waals surface area contributed by atoms with Crippen LogP contribution in [0.2, 0.25) is 0 Å². The van der Waals surface area contributed by atoms with Crippen LogP contribution >= 0.6 is 47.0 Å². The van der Waals surface area contributed by atoms with Crippen LogP contribution in [0, 0.1) is 5.92 Å². The van der Waals surface area contributed by atoms with Crippen molar-refractivity contribution in [2.24, 2.45) is 17.4 Å². The number of hydrogen-bond acceptors (Lipinski definition) is 14. The number of unbranched alkanes of at least 4 members (excludes halogenated alkanes) is 3. The SMILES string of the molecule is CC(=O)CCC(=O)[C@@H](N)CCCCN.CCC(CCCCCC(=O)CSC1CCC1SCC(C)=O)C(=O)NCC(C)=O.O=C(O)CSC1CCC1SCC(=O)O. The lowest BCUT2D eigenvalue weighted by Crippen LogP contribution is -2.33. The van der Waals surface area contributed by atoms with Crippen molar-refractivity contribution in [2.45, 2.75) is 151 Å². The van der Waals surface area contributed by atoms with Gasteiger partial charge < -0.3 is 31.8 Å².